The SMILES string of the molecule is CCn1c(SCC(N)=O)nnc1-c1ccnc(N(C)C)c1. The molecule has 0 radical (unpaired) electrons. The van der Waals surface area contributed by atoms with E-state index < -0.39 is 0 Å². The molecule has 1 amide bonds. The van der Waals surface area contributed by atoms with E-state index in [0.29, 0.717) is 11.7 Å². The minimum absolute atomic E-state index is 0.192. The van der Waals surface area contributed by atoms with Gasteiger partial charge in [-0.15, -0.1) is 10.2 Å². The topological polar surface area (TPSA) is 89.9 Å². The van der Waals surface area contributed by atoms with E-state index in [4.69, 9.17) is 5.73 Å². The number of carbonyl (C=O) groups excluding carboxylic acids is 1. The number of hydrogen-bond acceptors (Lipinski definition) is 6. The first kappa shape index (κ1) is 15.3. The lowest BCUT2D eigenvalue weighted by Gasteiger charge is -2.12. The summed E-state index contributed by atoms with van der Waals surface area (Å²) in [5, 5.41) is 9.06. The molecule has 7 nitrogen and oxygen atoms in total. The molecule has 2 N–H and O–H groups in total. The molecule has 0 aliphatic carbocycles. The molecule has 2 aromatic heterocycles. The lowest BCUT2D eigenvalue weighted by atomic mass is 10.2. The van der Waals surface area contributed by atoms with Crippen molar-refractivity contribution >= 4 is 23.5 Å². The molecular formula is C13H18N6OS. The summed E-state index contributed by atoms with van der Waals surface area (Å²) < 4.78 is 1.96. The summed E-state index contributed by atoms with van der Waals surface area (Å²) in [6.07, 6.45) is 1.75. The molecule has 0 aliphatic heterocycles. The van der Waals surface area contributed by atoms with Crippen molar-refractivity contribution in [2.45, 2.75) is 18.6 Å². The normalized spacial score (nSPS) is 10.6. The van der Waals surface area contributed by atoms with Crippen LogP contribution in [0.5, 0.6) is 0 Å². The fourth-order valence-electron chi connectivity index (χ4n) is 1.83. The average molecular weight is 306 g/mol. The van der Waals surface area contributed by atoms with Crippen molar-refractivity contribution in [2.75, 3.05) is 24.7 Å². The number of nitrogens with two attached hydrogens (primary N) is 1. The van der Waals surface area contributed by atoms with Crippen LogP contribution in [0.15, 0.2) is 23.5 Å². The molecule has 2 rings (SSSR count). The van der Waals surface area contributed by atoms with Gasteiger partial charge in [0, 0.05) is 32.4 Å². The Labute approximate surface area is 127 Å². The van der Waals surface area contributed by atoms with E-state index in [-0.39, 0.29) is 11.7 Å². The van der Waals surface area contributed by atoms with Crippen molar-refractivity contribution in [3.8, 4) is 11.4 Å². The third kappa shape index (κ3) is 3.52. The Hall–Kier alpha value is -2.09. The number of pyridine rings is 1. The summed E-state index contributed by atoms with van der Waals surface area (Å²) >= 11 is 1.29. The second-order valence-electron chi connectivity index (χ2n) is 4.60. The van der Waals surface area contributed by atoms with Crippen LogP contribution in [0.25, 0.3) is 11.4 Å². The lowest BCUT2D eigenvalue weighted by Crippen LogP contribution is -2.14. The van der Waals surface area contributed by atoms with Gasteiger partial charge in [-0.05, 0) is 19.1 Å². The quantitative estimate of drug-likeness (QED) is 0.801. The van der Waals surface area contributed by atoms with Gasteiger partial charge in [-0.25, -0.2) is 4.98 Å². The fraction of sp³-hybridized carbons (Fsp3) is 0.385. The van der Waals surface area contributed by atoms with Crippen molar-refractivity contribution in [1.82, 2.24) is 19.7 Å². The highest BCUT2D eigenvalue weighted by Crippen LogP contribution is 2.25. The Morgan fingerprint density at radius 1 is 1.43 bits per heavy atom. The summed E-state index contributed by atoms with van der Waals surface area (Å²) in [6, 6.07) is 3.85. The van der Waals surface area contributed by atoms with Gasteiger partial charge in [-0.2, -0.15) is 0 Å². The fourth-order valence-corrected chi connectivity index (χ4v) is 2.57. The van der Waals surface area contributed by atoms with Gasteiger partial charge in [-0.1, -0.05) is 11.8 Å². The van der Waals surface area contributed by atoms with Crippen molar-refractivity contribution in [2.24, 2.45) is 5.73 Å². The summed E-state index contributed by atoms with van der Waals surface area (Å²) in [7, 11) is 3.87. The Balaban J connectivity index is 2.35. The second kappa shape index (κ2) is 6.57. The summed E-state index contributed by atoms with van der Waals surface area (Å²) in [4.78, 5) is 17.1. The molecule has 21 heavy (non-hydrogen) atoms. The van der Waals surface area contributed by atoms with E-state index >= 15 is 0 Å². The maximum Gasteiger partial charge on any atom is 0.227 e. The van der Waals surface area contributed by atoms with Crippen LogP contribution in [0.3, 0.4) is 0 Å². The third-order valence-electron chi connectivity index (χ3n) is 2.84. The molecule has 0 fully saturated rings. The van der Waals surface area contributed by atoms with Crippen LogP contribution in [0.2, 0.25) is 0 Å². The van der Waals surface area contributed by atoms with Gasteiger partial charge in [0.25, 0.3) is 0 Å². The van der Waals surface area contributed by atoms with Crippen LogP contribution in [-0.2, 0) is 11.3 Å². The number of carbonyl (C=O) groups is 1. The molecular weight excluding hydrogens is 288 g/mol. The van der Waals surface area contributed by atoms with E-state index in [2.05, 4.69) is 15.2 Å². The Morgan fingerprint density at radius 3 is 2.81 bits per heavy atom. The molecule has 0 bridgehead atoms. The van der Waals surface area contributed by atoms with Crippen LogP contribution in [0.4, 0.5) is 5.82 Å². The predicted molar refractivity (Wildman–Crippen MR) is 83.2 cm³/mol. The van der Waals surface area contributed by atoms with E-state index in [1.807, 2.05) is 42.6 Å². The average Bonchev–Trinajstić information content (AvgIpc) is 2.88. The van der Waals surface area contributed by atoms with Gasteiger partial charge < -0.3 is 15.2 Å². The largest absolute Gasteiger partial charge is 0.369 e. The van der Waals surface area contributed by atoms with Crippen LogP contribution >= 0.6 is 11.8 Å². The molecule has 8 heteroatoms. The number of anilines is 1. The zero-order chi connectivity index (χ0) is 15.4. The minimum Gasteiger partial charge on any atom is -0.369 e. The summed E-state index contributed by atoms with van der Waals surface area (Å²) in [6.45, 7) is 2.72. The number of hydrogen-bond donors (Lipinski definition) is 1. The van der Waals surface area contributed by atoms with Crippen LogP contribution < -0.4 is 10.6 Å². The highest BCUT2D eigenvalue weighted by molar-refractivity contribution is 7.99. The minimum atomic E-state index is -0.369. The molecule has 112 valence electrons. The van der Waals surface area contributed by atoms with E-state index in [1.165, 1.54) is 11.8 Å². The van der Waals surface area contributed by atoms with Crippen LogP contribution in [0, 0.1) is 0 Å². The van der Waals surface area contributed by atoms with Crippen molar-refractivity contribution in [3.05, 3.63) is 18.3 Å². The molecule has 0 saturated heterocycles. The zero-order valence-corrected chi connectivity index (χ0v) is 13.1. The van der Waals surface area contributed by atoms with Gasteiger partial charge >= 0.3 is 0 Å². The smallest absolute Gasteiger partial charge is 0.227 e. The van der Waals surface area contributed by atoms with E-state index in [0.717, 1.165) is 17.2 Å². The maximum absolute atomic E-state index is 10.9. The van der Waals surface area contributed by atoms with E-state index in [9.17, 15) is 4.79 Å². The number of primary amides is 1. The first-order valence-corrected chi connectivity index (χ1v) is 7.49. The second-order valence-corrected chi connectivity index (χ2v) is 5.55. The highest BCUT2D eigenvalue weighted by atomic mass is 32.2. The molecule has 0 aliphatic rings. The van der Waals surface area contributed by atoms with Gasteiger partial charge in [0.2, 0.25) is 5.91 Å². The van der Waals surface area contributed by atoms with Crippen molar-refractivity contribution in [3.63, 3.8) is 0 Å². The summed E-state index contributed by atoms with van der Waals surface area (Å²) in [5.74, 6) is 1.43. The molecule has 0 aromatic carbocycles. The van der Waals surface area contributed by atoms with Gasteiger partial charge in [0.15, 0.2) is 11.0 Å². The number of nitrogens with zero attached hydrogens (tertiary/aromatic N) is 5. The number of aromatic nitrogens is 4. The molecule has 0 unspecified atom stereocenters. The summed E-state index contributed by atoms with van der Waals surface area (Å²) in [5.41, 5.74) is 6.11. The van der Waals surface area contributed by atoms with Crippen LogP contribution in [-0.4, -0.2) is 45.5 Å². The molecule has 0 saturated carbocycles. The van der Waals surface area contributed by atoms with E-state index in [1.54, 1.807) is 6.20 Å². The van der Waals surface area contributed by atoms with Gasteiger partial charge in [0.1, 0.15) is 5.82 Å². The maximum atomic E-state index is 10.9. The van der Waals surface area contributed by atoms with Gasteiger partial charge in [0.05, 0.1) is 5.75 Å². The molecule has 0 spiro atoms. The zero-order valence-electron chi connectivity index (χ0n) is 12.3. The standard InChI is InChI=1S/C13H18N6OS/c1-4-19-12(16-17-13(19)21-8-10(14)20)9-5-6-15-11(7-9)18(2)3/h5-7H,4,8H2,1-3H3,(H2,14,20). The molecule has 2 aromatic rings. The lowest BCUT2D eigenvalue weighted by molar-refractivity contribution is -0.115. The number of rotatable bonds is 6. The highest BCUT2D eigenvalue weighted by Gasteiger charge is 2.14. The number of thioether (sulfide) groups is 1. The number of amides is 1. The Morgan fingerprint density at radius 2 is 2.19 bits per heavy atom. The van der Waals surface area contributed by atoms with Crippen LogP contribution in [0.1, 0.15) is 6.92 Å². The van der Waals surface area contributed by atoms with Crippen molar-refractivity contribution in [1.29, 1.82) is 0 Å². The van der Waals surface area contributed by atoms with Gasteiger partial charge in [-0.3, -0.25) is 4.79 Å². The third-order valence-corrected chi connectivity index (χ3v) is 3.83. The molecule has 2 heterocycles. The van der Waals surface area contributed by atoms with Crippen molar-refractivity contribution < 1.29 is 4.79 Å². The Kier molecular flexibility index (Phi) is 4.79. The molecule has 0 atom stereocenters. The first-order chi connectivity index (χ1) is 10.0. The monoisotopic (exact) mass is 306 g/mol. The Bertz CT molecular complexity index is 639. The predicted octanol–water partition coefficient (Wildman–Crippen LogP) is 1.00. The first-order valence-electron chi connectivity index (χ1n) is 6.51.